The minimum absolute atomic E-state index is 0.0387. The van der Waals surface area contributed by atoms with E-state index in [1.807, 2.05) is 31.2 Å². The van der Waals surface area contributed by atoms with Crippen molar-refractivity contribution in [2.45, 2.75) is 32.2 Å². The lowest BCUT2D eigenvalue weighted by Gasteiger charge is -2.40. The molecule has 0 bridgehead atoms. The van der Waals surface area contributed by atoms with Gasteiger partial charge in [-0.3, -0.25) is 9.59 Å². The van der Waals surface area contributed by atoms with Crippen LogP contribution in [0.25, 0.3) is 5.70 Å². The molecule has 2 aliphatic rings. The van der Waals surface area contributed by atoms with Gasteiger partial charge >= 0.3 is 5.97 Å². The van der Waals surface area contributed by atoms with E-state index in [0.29, 0.717) is 27.2 Å². The van der Waals surface area contributed by atoms with E-state index in [9.17, 15) is 14.4 Å². The molecule has 0 fully saturated rings. The van der Waals surface area contributed by atoms with Crippen LogP contribution in [-0.4, -0.2) is 36.7 Å². The molecule has 9 heteroatoms. The van der Waals surface area contributed by atoms with Crippen molar-refractivity contribution >= 4 is 39.4 Å². The quantitative estimate of drug-likeness (QED) is 0.469. The van der Waals surface area contributed by atoms with E-state index in [-0.39, 0.29) is 13.4 Å². The van der Waals surface area contributed by atoms with Crippen LogP contribution < -0.4 is 20.1 Å². The topological polar surface area (TPSA) is 103 Å². The Labute approximate surface area is 199 Å². The van der Waals surface area contributed by atoms with Crippen molar-refractivity contribution in [2.75, 3.05) is 13.4 Å². The molecule has 8 nitrogen and oxygen atoms in total. The summed E-state index contributed by atoms with van der Waals surface area (Å²) >= 11 is 3.54. The predicted molar refractivity (Wildman–Crippen MR) is 123 cm³/mol. The van der Waals surface area contributed by atoms with Gasteiger partial charge in [-0.1, -0.05) is 45.8 Å². The second-order valence-corrected chi connectivity index (χ2v) is 8.67. The maximum absolute atomic E-state index is 13.6. The Bertz CT molecular complexity index is 1160. The van der Waals surface area contributed by atoms with E-state index in [0.717, 1.165) is 11.1 Å². The van der Waals surface area contributed by atoms with Crippen molar-refractivity contribution in [3.8, 4) is 11.5 Å². The number of nitrogens with one attached hydrogen (secondary N) is 2. The van der Waals surface area contributed by atoms with Crippen molar-refractivity contribution in [2.24, 2.45) is 0 Å². The highest BCUT2D eigenvalue weighted by Gasteiger charge is 2.57. The fourth-order valence-electron chi connectivity index (χ4n) is 4.02. The predicted octanol–water partition coefficient (Wildman–Crippen LogP) is 3.18. The Morgan fingerprint density at radius 3 is 2.52 bits per heavy atom. The summed E-state index contributed by atoms with van der Waals surface area (Å²) in [6.07, 6.45) is 1.75. The lowest BCUT2D eigenvalue weighted by molar-refractivity contribution is -0.158. The smallest absolute Gasteiger partial charge is 0.342 e. The first-order valence-corrected chi connectivity index (χ1v) is 11.2. The standard InChI is InChI=1S/C24H23BrN2O6/c1-4-31-23(30)24(27-14(3)28)17(16-9-20-21(11-18(16)25)33-12-32-20)10-19(26-22(24)29)15-7-5-13(2)6-8-15/h5-11,17H,4,12H2,1-3H3,(H,26,29)(H,27,28). The van der Waals surface area contributed by atoms with Crippen molar-refractivity contribution in [3.05, 3.63) is 63.6 Å². The molecule has 2 aliphatic heterocycles. The summed E-state index contributed by atoms with van der Waals surface area (Å²) in [5.41, 5.74) is 0.874. The lowest BCUT2D eigenvalue weighted by atomic mass is 9.74. The molecule has 2 heterocycles. The summed E-state index contributed by atoms with van der Waals surface area (Å²) in [5, 5.41) is 5.39. The zero-order valence-corrected chi connectivity index (χ0v) is 19.9. The Morgan fingerprint density at radius 1 is 1.21 bits per heavy atom. The van der Waals surface area contributed by atoms with Crippen LogP contribution in [0.2, 0.25) is 0 Å². The van der Waals surface area contributed by atoms with Gasteiger partial charge in [-0.2, -0.15) is 0 Å². The van der Waals surface area contributed by atoms with Gasteiger partial charge in [0.25, 0.3) is 5.91 Å². The van der Waals surface area contributed by atoms with Gasteiger partial charge in [0.05, 0.1) is 6.61 Å². The third-order valence-corrected chi connectivity index (χ3v) is 6.25. The first kappa shape index (κ1) is 22.8. The zero-order valence-electron chi connectivity index (χ0n) is 18.4. The molecule has 2 amide bonds. The maximum Gasteiger partial charge on any atom is 0.342 e. The molecule has 2 aromatic carbocycles. The van der Waals surface area contributed by atoms with E-state index in [4.69, 9.17) is 14.2 Å². The van der Waals surface area contributed by atoms with E-state index in [1.165, 1.54) is 6.92 Å². The van der Waals surface area contributed by atoms with Crippen LogP contribution in [0.5, 0.6) is 11.5 Å². The number of ether oxygens (including phenoxy) is 3. The number of amides is 2. The molecular formula is C24H23BrN2O6. The van der Waals surface area contributed by atoms with Crippen LogP contribution in [0.15, 0.2) is 46.9 Å². The molecule has 0 aliphatic carbocycles. The summed E-state index contributed by atoms with van der Waals surface area (Å²) in [6, 6.07) is 11.0. The van der Waals surface area contributed by atoms with Crippen LogP contribution in [-0.2, 0) is 19.1 Å². The number of aryl methyl sites for hydroxylation is 1. The summed E-state index contributed by atoms with van der Waals surface area (Å²) in [4.78, 5) is 39.1. The van der Waals surface area contributed by atoms with Crippen molar-refractivity contribution < 1.29 is 28.6 Å². The van der Waals surface area contributed by atoms with E-state index >= 15 is 0 Å². The summed E-state index contributed by atoms with van der Waals surface area (Å²) in [7, 11) is 0. The van der Waals surface area contributed by atoms with E-state index in [1.54, 1.807) is 25.1 Å². The monoisotopic (exact) mass is 514 g/mol. The first-order chi connectivity index (χ1) is 15.8. The van der Waals surface area contributed by atoms with Gasteiger partial charge in [-0.05, 0) is 43.2 Å². The van der Waals surface area contributed by atoms with E-state index < -0.39 is 29.2 Å². The van der Waals surface area contributed by atoms with Gasteiger partial charge < -0.3 is 24.8 Å². The second-order valence-electron chi connectivity index (χ2n) is 7.81. The molecule has 4 rings (SSSR count). The number of benzene rings is 2. The number of carbonyl (C=O) groups excluding carboxylic acids is 3. The molecular weight excluding hydrogens is 492 g/mol. The van der Waals surface area contributed by atoms with Crippen molar-refractivity contribution in [1.29, 1.82) is 0 Å². The Morgan fingerprint density at radius 2 is 1.88 bits per heavy atom. The average molecular weight is 515 g/mol. The number of rotatable bonds is 5. The van der Waals surface area contributed by atoms with Gasteiger partial charge in [0.1, 0.15) is 0 Å². The molecule has 0 radical (unpaired) electrons. The summed E-state index contributed by atoms with van der Waals surface area (Å²) in [5.74, 6) is -1.99. The highest BCUT2D eigenvalue weighted by Crippen LogP contribution is 2.45. The van der Waals surface area contributed by atoms with Gasteiger partial charge in [0.15, 0.2) is 11.5 Å². The number of halogens is 1. The van der Waals surface area contributed by atoms with E-state index in [2.05, 4.69) is 26.6 Å². The number of fused-ring (bicyclic) bond motifs is 1. The molecule has 33 heavy (non-hydrogen) atoms. The van der Waals surface area contributed by atoms with Crippen LogP contribution in [0.1, 0.15) is 36.5 Å². The van der Waals surface area contributed by atoms with Gasteiger partial charge in [0, 0.05) is 23.0 Å². The highest BCUT2D eigenvalue weighted by atomic mass is 79.9. The SMILES string of the molecule is CCOC(=O)C1(NC(C)=O)C(=O)NC(c2ccc(C)cc2)=CC1c1cc2c(cc1Br)OCO2. The van der Waals surface area contributed by atoms with Gasteiger partial charge in [0.2, 0.25) is 18.2 Å². The molecule has 0 spiro atoms. The molecule has 0 saturated carbocycles. The minimum Gasteiger partial charge on any atom is -0.464 e. The van der Waals surface area contributed by atoms with Gasteiger partial charge in [-0.25, -0.2) is 4.79 Å². The van der Waals surface area contributed by atoms with Crippen molar-refractivity contribution in [3.63, 3.8) is 0 Å². The number of hydrogen-bond acceptors (Lipinski definition) is 6. The molecule has 0 aromatic heterocycles. The van der Waals surface area contributed by atoms with Gasteiger partial charge in [-0.15, -0.1) is 0 Å². The Hall–Kier alpha value is -3.33. The van der Waals surface area contributed by atoms with Crippen LogP contribution in [0, 0.1) is 6.92 Å². The highest BCUT2D eigenvalue weighted by molar-refractivity contribution is 9.10. The van der Waals surface area contributed by atoms with Crippen molar-refractivity contribution in [1.82, 2.24) is 10.6 Å². The number of esters is 1. The molecule has 172 valence electrons. The fraction of sp³-hybridized carbons (Fsp3) is 0.292. The van der Waals surface area contributed by atoms with Crippen LogP contribution in [0.4, 0.5) is 0 Å². The average Bonchev–Trinajstić information content (AvgIpc) is 3.22. The fourth-order valence-corrected chi connectivity index (χ4v) is 4.59. The maximum atomic E-state index is 13.6. The third-order valence-electron chi connectivity index (χ3n) is 5.57. The summed E-state index contributed by atoms with van der Waals surface area (Å²) in [6.45, 7) is 4.96. The Balaban J connectivity index is 1.95. The first-order valence-electron chi connectivity index (χ1n) is 10.4. The minimum atomic E-state index is -2.02. The third kappa shape index (κ3) is 4.08. The zero-order chi connectivity index (χ0) is 23.8. The summed E-state index contributed by atoms with van der Waals surface area (Å²) < 4.78 is 16.8. The number of hydrogen-bond donors (Lipinski definition) is 2. The van der Waals surface area contributed by atoms with Crippen LogP contribution in [0.3, 0.4) is 0 Å². The molecule has 2 aromatic rings. The molecule has 2 unspecified atom stereocenters. The largest absolute Gasteiger partial charge is 0.464 e. The number of carbonyl (C=O) groups is 3. The van der Waals surface area contributed by atoms with Crippen LogP contribution >= 0.6 is 15.9 Å². The normalized spacial score (nSPS) is 21.2. The molecule has 2 atom stereocenters. The molecule has 0 saturated heterocycles. The molecule has 2 N–H and O–H groups in total. The Kier molecular flexibility index (Phi) is 6.16. The lowest BCUT2D eigenvalue weighted by Crippen LogP contribution is -2.68. The second kappa shape index (κ2) is 8.90.